The Morgan fingerprint density at radius 1 is 1.24 bits per heavy atom. The third-order valence-electron chi connectivity index (χ3n) is 4.09. The largest absolute Gasteiger partial charge is 0.391 e. The van der Waals surface area contributed by atoms with Crippen LogP contribution in [-0.4, -0.2) is 16.4 Å². The maximum Gasteiger partial charge on any atom is 0.252 e. The van der Waals surface area contributed by atoms with Gasteiger partial charge in [-0.25, -0.2) is 0 Å². The van der Waals surface area contributed by atoms with Gasteiger partial charge in [0.1, 0.15) is 0 Å². The molecule has 0 spiro atoms. The van der Waals surface area contributed by atoms with Crippen LogP contribution in [0.25, 0.3) is 0 Å². The number of nitrogens with two attached hydrogens (primary N) is 1. The Morgan fingerprint density at radius 3 is 2.38 bits per heavy atom. The highest BCUT2D eigenvalue weighted by molar-refractivity contribution is 7.80. The Balaban J connectivity index is 2.23. The van der Waals surface area contributed by atoms with E-state index in [-0.39, 0.29) is 5.91 Å². The third-order valence-corrected chi connectivity index (χ3v) is 4.69. The van der Waals surface area contributed by atoms with E-state index in [1.165, 1.54) is 0 Å². The summed E-state index contributed by atoms with van der Waals surface area (Å²) in [6.45, 7) is 1.91. The first-order valence-electron chi connectivity index (χ1n) is 7.33. The normalized spacial score (nSPS) is 17.8. The van der Waals surface area contributed by atoms with Crippen molar-refractivity contribution in [1.29, 1.82) is 0 Å². The molecule has 2 rings (SSSR count). The average Bonchev–Trinajstić information content (AvgIpc) is 2.64. The Hall–Kier alpha value is -1.13. The molecule has 0 aliphatic heterocycles. The standard InChI is InChI=1S/C16H21ClN2OS/c1-11-8-12(10-13(17)9-11)14(20)19-16(15(18)21)6-4-2-3-5-7-16/h8-10H,2-7H2,1H3,(H2,18,21)(H,19,20). The molecule has 1 aromatic carbocycles. The molecule has 0 aromatic heterocycles. The van der Waals surface area contributed by atoms with Crippen LogP contribution >= 0.6 is 23.8 Å². The van der Waals surface area contributed by atoms with Gasteiger partial charge < -0.3 is 11.1 Å². The van der Waals surface area contributed by atoms with Crippen molar-refractivity contribution in [2.24, 2.45) is 5.73 Å². The second kappa shape index (κ2) is 6.75. The van der Waals surface area contributed by atoms with Gasteiger partial charge in [-0.15, -0.1) is 0 Å². The molecule has 21 heavy (non-hydrogen) atoms. The molecule has 0 heterocycles. The van der Waals surface area contributed by atoms with Gasteiger partial charge in [-0.3, -0.25) is 4.79 Å². The van der Waals surface area contributed by atoms with E-state index in [2.05, 4.69) is 5.32 Å². The lowest BCUT2D eigenvalue weighted by Gasteiger charge is -2.33. The van der Waals surface area contributed by atoms with Crippen molar-refractivity contribution >= 4 is 34.7 Å². The Morgan fingerprint density at radius 2 is 1.86 bits per heavy atom. The van der Waals surface area contributed by atoms with Crippen molar-refractivity contribution in [3.05, 3.63) is 34.3 Å². The number of rotatable bonds is 3. The zero-order valence-corrected chi connectivity index (χ0v) is 13.8. The maximum atomic E-state index is 12.6. The van der Waals surface area contributed by atoms with Crippen molar-refractivity contribution in [1.82, 2.24) is 5.32 Å². The van der Waals surface area contributed by atoms with Crippen LogP contribution in [0.3, 0.4) is 0 Å². The smallest absolute Gasteiger partial charge is 0.252 e. The van der Waals surface area contributed by atoms with Gasteiger partial charge in [0.25, 0.3) is 5.91 Å². The van der Waals surface area contributed by atoms with Crippen LogP contribution < -0.4 is 11.1 Å². The molecule has 0 unspecified atom stereocenters. The van der Waals surface area contributed by atoms with Gasteiger partial charge in [-0.05, 0) is 43.5 Å². The maximum absolute atomic E-state index is 12.6. The van der Waals surface area contributed by atoms with Gasteiger partial charge in [0, 0.05) is 10.6 Å². The zero-order valence-electron chi connectivity index (χ0n) is 12.2. The summed E-state index contributed by atoms with van der Waals surface area (Å²) in [5.41, 5.74) is 6.90. The molecule has 1 saturated carbocycles. The summed E-state index contributed by atoms with van der Waals surface area (Å²) in [7, 11) is 0. The number of amides is 1. The molecule has 1 amide bonds. The van der Waals surface area contributed by atoms with Gasteiger partial charge in [0.2, 0.25) is 0 Å². The van der Waals surface area contributed by atoms with Crippen LogP contribution in [0, 0.1) is 6.92 Å². The van der Waals surface area contributed by atoms with E-state index in [1.807, 2.05) is 19.1 Å². The van der Waals surface area contributed by atoms with Crippen LogP contribution in [0.5, 0.6) is 0 Å². The van der Waals surface area contributed by atoms with Crippen LogP contribution in [0.15, 0.2) is 18.2 Å². The molecule has 1 aromatic rings. The van der Waals surface area contributed by atoms with Crippen LogP contribution in [-0.2, 0) is 0 Å². The van der Waals surface area contributed by atoms with Crippen LogP contribution in [0.1, 0.15) is 54.4 Å². The van der Waals surface area contributed by atoms with E-state index in [0.29, 0.717) is 15.6 Å². The monoisotopic (exact) mass is 324 g/mol. The number of hydrogen-bond acceptors (Lipinski definition) is 2. The van der Waals surface area contributed by atoms with Crippen molar-refractivity contribution in [2.45, 2.75) is 51.0 Å². The van der Waals surface area contributed by atoms with Crippen molar-refractivity contribution in [2.75, 3.05) is 0 Å². The predicted molar refractivity (Wildman–Crippen MR) is 90.9 cm³/mol. The highest BCUT2D eigenvalue weighted by Gasteiger charge is 2.35. The predicted octanol–water partition coefficient (Wildman–Crippen LogP) is 3.76. The molecule has 1 aliphatic carbocycles. The lowest BCUT2D eigenvalue weighted by atomic mass is 9.89. The molecular formula is C16H21ClN2OS. The summed E-state index contributed by atoms with van der Waals surface area (Å²) in [6.07, 6.45) is 6.02. The van der Waals surface area contributed by atoms with E-state index in [0.717, 1.165) is 44.1 Å². The fourth-order valence-corrected chi connectivity index (χ4v) is 3.47. The molecule has 114 valence electrons. The summed E-state index contributed by atoms with van der Waals surface area (Å²) >= 11 is 11.3. The first-order chi connectivity index (χ1) is 9.93. The van der Waals surface area contributed by atoms with Crippen LogP contribution in [0.2, 0.25) is 5.02 Å². The number of thiocarbonyl (C=S) groups is 1. The van der Waals surface area contributed by atoms with Crippen molar-refractivity contribution in [3.8, 4) is 0 Å². The molecule has 0 saturated heterocycles. The summed E-state index contributed by atoms with van der Waals surface area (Å²) in [4.78, 5) is 12.9. The number of aryl methyl sites for hydroxylation is 1. The molecule has 0 atom stereocenters. The van der Waals surface area contributed by atoms with E-state index in [4.69, 9.17) is 29.6 Å². The second-order valence-electron chi connectivity index (χ2n) is 5.83. The minimum Gasteiger partial charge on any atom is -0.391 e. The van der Waals surface area contributed by atoms with E-state index in [1.54, 1.807) is 6.07 Å². The number of hydrogen-bond donors (Lipinski definition) is 2. The Bertz CT molecular complexity index is 531. The summed E-state index contributed by atoms with van der Waals surface area (Å²) < 4.78 is 0. The average molecular weight is 325 g/mol. The molecule has 3 nitrogen and oxygen atoms in total. The van der Waals surface area contributed by atoms with Gasteiger partial charge in [0.05, 0.1) is 10.5 Å². The highest BCUT2D eigenvalue weighted by Crippen LogP contribution is 2.28. The summed E-state index contributed by atoms with van der Waals surface area (Å²) in [6, 6.07) is 5.33. The minimum absolute atomic E-state index is 0.157. The third kappa shape index (κ3) is 3.95. The Kier molecular flexibility index (Phi) is 5.22. The fourth-order valence-electron chi connectivity index (χ4n) is 2.92. The Labute approximate surface area is 136 Å². The SMILES string of the molecule is Cc1cc(Cl)cc(C(=O)NC2(C(N)=S)CCCCCC2)c1. The van der Waals surface area contributed by atoms with Gasteiger partial charge >= 0.3 is 0 Å². The van der Waals surface area contributed by atoms with Crippen molar-refractivity contribution in [3.63, 3.8) is 0 Å². The summed E-state index contributed by atoms with van der Waals surface area (Å²) in [5.74, 6) is -0.157. The van der Waals surface area contributed by atoms with Gasteiger partial charge in [-0.1, -0.05) is 49.5 Å². The molecule has 1 aliphatic rings. The van der Waals surface area contributed by atoms with E-state index in [9.17, 15) is 4.79 Å². The lowest BCUT2D eigenvalue weighted by molar-refractivity contribution is 0.0917. The number of benzene rings is 1. The zero-order chi connectivity index (χ0) is 15.5. The molecule has 3 N–H and O–H groups in total. The molecule has 0 bridgehead atoms. The van der Waals surface area contributed by atoms with Crippen molar-refractivity contribution < 1.29 is 4.79 Å². The van der Waals surface area contributed by atoms with E-state index < -0.39 is 5.54 Å². The number of carbonyl (C=O) groups is 1. The molecule has 0 radical (unpaired) electrons. The number of halogens is 1. The highest BCUT2D eigenvalue weighted by atomic mass is 35.5. The molecule has 5 heteroatoms. The van der Waals surface area contributed by atoms with E-state index >= 15 is 0 Å². The second-order valence-corrected chi connectivity index (χ2v) is 6.71. The summed E-state index contributed by atoms with van der Waals surface area (Å²) in [5, 5.41) is 3.64. The quantitative estimate of drug-likeness (QED) is 0.657. The molecular weight excluding hydrogens is 304 g/mol. The number of nitrogens with one attached hydrogen (secondary N) is 1. The van der Waals surface area contributed by atoms with Gasteiger partial charge in [0.15, 0.2) is 0 Å². The minimum atomic E-state index is -0.556. The van der Waals surface area contributed by atoms with Gasteiger partial charge in [-0.2, -0.15) is 0 Å². The lowest BCUT2D eigenvalue weighted by Crippen LogP contribution is -2.56. The topological polar surface area (TPSA) is 55.1 Å². The number of carbonyl (C=O) groups excluding carboxylic acids is 1. The first-order valence-corrected chi connectivity index (χ1v) is 8.11. The van der Waals surface area contributed by atoms with Crippen LogP contribution in [0.4, 0.5) is 0 Å². The first kappa shape index (κ1) is 16.2. The molecule has 1 fully saturated rings. The fraction of sp³-hybridized carbons (Fsp3) is 0.500.